The van der Waals surface area contributed by atoms with Crippen LogP contribution < -0.4 is 10.1 Å². The van der Waals surface area contributed by atoms with E-state index in [4.69, 9.17) is 20.8 Å². The molecule has 1 atom stereocenters. The van der Waals surface area contributed by atoms with E-state index >= 15 is 0 Å². The molecule has 0 amide bonds. The predicted molar refractivity (Wildman–Crippen MR) is 81.4 cm³/mol. The lowest BCUT2D eigenvalue weighted by Crippen LogP contribution is -2.23. The molecule has 1 aromatic heterocycles. The number of rotatable bonds is 6. The minimum absolute atomic E-state index is 0.0406. The highest BCUT2D eigenvalue weighted by molar-refractivity contribution is 6.29. The van der Waals surface area contributed by atoms with Crippen LogP contribution in [0.5, 0.6) is 5.75 Å². The van der Waals surface area contributed by atoms with Gasteiger partial charge in [-0.15, -0.1) is 0 Å². The first-order chi connectivity index (χ1) is 9.63. The maximum absolute atomic E-state index is 6.13. The fraction of sp³-hybridized carbons (Fsp3) is 0.375. The van der Waals surface area contributed by atoms with Crippen molar-refractivity contribution >= 4 is 11.6 Å². The van der Waals surface area contributed by atoms with E-state index in [0.29, 0.717) is 5.22 Å². The monoisotopic (exact) mass is 293 g/mol. The van der Waals surface area contributed by atoms with Crippen LogP contribution in [0.25, 0.3) is 0 Å². The van der Waals surface area contributed by atoms with E-state index in [0.717, 1.165) is 23.4 Å². The first kappa shape index (κ1) is 14.9. The minimum Gasteiger partial charge on any atom is -0.491 e. The fourth-order valence-corrected chi connectivity index (χ4v) is 2.41. The summed E-state index contributed by atoms with van der Waals surface area (Å²) in [6.07, 6.45) is 1.73. The second kappa shape index (κ2) is 6.82. The highest BCUT2D eigenvalue weighted by Gasteiger charge is 2.21. The van der Waals surface area contributed by atoms with Crippen molar-refractivity contribution in [2.24, 2.45) is 0 Å². The number of nitrogens with one attached hydrogen (secondary N) is 1. The molecule has 0 aliphatic heterocycles. The predicted octanol–water partition coefficient (Wildman–Crippen LogP) is 4.42. The van der Waals surface area contributed by atoms with E-state index in [1.807, 2.05) is 44.2 Å². The van der Waals surface area contributed by atoms with E-state index in [2.05, 4.69) is 12.2 Å². The maximum atomic E-state index is 6.13. The van der Waals surface area contributed by atoms with Crippen LogP contribution in [-0.4, -0.2) is 12.6 Å². The molecule has 1 N–H and O–H groups in total. The summed E-state index contributed by atoms with van der Waals surface area (Å²) in [6, 6.07) is 9.85. The molecule has 0 aliphatic rings. The van der Waals surface area contributed by atoms with Gasteiger partial charge in [0.15, 0.2) is 5.22 Å². The zero-order chi connectivity index (χ0) is 14.5. The summed E-state index contributed by atoms with van der Waals surface area (Å²) < 4.78 is 11.1. The lowest BCUT2D eigenvalue weighted by molar-refractivity contribution is 0.238. The molecule has 0 saturated carbocycles. The highest BCUT2D eigenvalue weighted by Crippen LogP contribution is 2.34. The van der Waals surface area contributed by atoms with Gasteiger partial charge in [0, 0.05) is 11.1 Å². The third-order valence-corrected chi connectivity index (χ3v) is 3.27. The van der Waals surface area contributed by atoms with Crippen LogP contribution in [-0.2, 0) is 0 Å². The van der Waals surface area contributed by atoms with E-state index in [1.54, 1.807) is 6.26 Å². The Morgan fingerprint density at radius 1 is 1.20 bits per heavy atom. The van der Waals surface area contributed by atoms with Gasteiger partial charge >= 0.3 is 0 Å². The standard InChI is InChI=1S/C16H20ClNO2/c1-4-18-15(13-9-10-19-16(13)17)12-7-5-6-8-14(12)20-11(2)3/h5-11,15,18H,4H2,1-3H3. The van der Waals surface area contributed by atoms with Crippen molar-refractivity contribution in [1.82, 2.24) is 5.32 Å². The summed E-state index contributed by atoms with van der Waals surface area (Å²) in [5, 5.41) is 3.84. The molecule has 1 unspecified atom stereocenters. The van der Waals surface area contributed by atoms with E-state index in [1.165, 1.54) is 0 Å². The summed E-state index contributed by atoms with van der Waals surface area (Å²) in [5.41, 5.74) is 1.99. The van der Waals surface area contributed by atoms with Crippen LogP contribution >= 0.6 is 11.6 Å². The quantitative estimate of drug-likeness (QED) is 0.856. The number of ether oxygens (including phenoxy) is 1. The molecule has 20 heavy (non-hydrogen) atoms. The Morgan fingerprint density at radius 2 is 1.95 bits per heavy atom. The van der Waals surface area contributed by atoms with Gasteiger partial charge in [-0.3, -0.25) is 0 Å². The fourth-order valence-electron chi connectivity index (χ4n) is 2.18. The normalized spacial score (nSPS) is 12.7. The SMILES string of the molecule is CCNC(c1ccccc1OC(C)C)c1ccoc1Cl. The number of furan rings is 1. The second-order valence-electron chi connectivity index (χ2n) is 4.84. The molecule has 0 spiro atoms. The van der Waals surface area contributed by atoms with Gasteiger partial charge in [0.2, 0.25) is 0 Å². The van der Waals surface area contributed by atoms with Crippen LogP contribution in [0, 0.1) is 0 Å². The third kappa shape index (κ3) is 3.35. The molecular formula is C16H20ClNO2. The number of hydrogen-bond acceptors (Lipinski definition) is 3. The molecule has 0 fully saturated rings. The van der Waals surface area contributed by atoms with Crippen molar-refractivity contribution in [3.63, 3.8) is 0 Å². The molecule has 1 aromatic carbocycles. The smallest absolute Gasteiger partial charge is 0.198 e. The molecule has 0 bridgehead atoms. The topological polar surface area (TPSA) is 34.4 Å². The molecule has 0 radical (unpaired) electrons. The Hall–Kier alpha value is -1.45. The second-order valence-corrected chi connectivity index (χ2v) is 5.19. The van der Waals surface area contributed by atoms with Gasteiger partial charge in [0.25, 0.3) is 0 Å². The first-order valence-corrected chi connectivity index (χ1v) is 7.23. The summed E-state index contributed by atoms with van der Waals surface area (Å²) in [4.78, 5) is 0. The number of para-hydroxylation sites is 1. The zero-order valence-corrected chi connectivity index (χ0v) is 12.8. The van der Waals surface area contributed by atoms with Crippen molar-refractivity contribution in [1.29, 1.82) is 0 Å². The first-order valence-electron chi connectivity index (χ1n) is 6.85. The Kier molecular flexibility index (Phi) is 5.10. The third-order valence-electron chi connectivity index (χ3n) is 2.96. The number of benzene rings is 1. The molecule has 4 heteroatoms. The van der Waals surface area contributed by atoms with E-state index in [-0.39, 0.29) is 12.1 Å². The Morgan fingerprint density at radius 3 is 2.55 bits per heavy atom. The lowest BCUT2D eigenvalue weighted by atomic mass is 10.00. The van der Waals surface area contributed by atoms with Crippen LogP contribution in [0.15, 0.2) is 41.0 Å². The highest BCUT2D eigenvalue weighted by atomic mass is 35.5. The van der Waals surface area contributed by atoms with Crippen molar-refractivity contribution < 1.29 is 9.15 Å². The van der Waals surface area contributed by atoms with Crippen LogP contribution in [0.3, 0.4) is 0 Å². The summed E-state index contributed by atoms with van der Waals surface area (Å²) >= 11 is 6.13. The largest absolute Gasteiger partial charge is 0.491 e. The van der Waals surface area contributed by atoms with Gasteiger partial charge < -0.3 is 14.5 Å². The average molecular weight is 294 g/mol. The van der Waals surface area contributed by atoms with Crippen molar-refractivity contribution in [3.05, 3.63) is 52.9 Å². The van der Waals surface area contributed by atoms with E-state index in [9.17, 15) is 0 Å². The molecule has 108 valence electrons. The summed E-state index contributed by atoms with van der Waals surface area (Å²) in [6.45, 7) is 6.92. The van der Waals surface area contributed by atoms with Gasteiger partial charge in [-0.2, -0.15) is 0 Å². The van der Waals surface area contributed by atoms with E-state index < -0.39 is 0 Å². The molecule has 3 nitrogen and oxygen atoms in total. The van der Waals surface area contributed by atoms with Gasteiger partial charge in [0.05, 0.1) is 18.4 Å². The summed E-state index contributed by atoms with van der Waals surface area (Å²) in [5.74, 6) is 0.866. The summed E-state index contributed by atoms with van der Waals surface area (Å²) in [7, 11) is 0. The van der Waals surface area contributed by atoms with Gasteiger partial charge in [-0.1, -0.05) is 25.1 Å². The lowest BCUT2D eigenvalue weighted by Gasteiger charge is -2.22. The average Bonchev–Trinajstić information content (AvgIpc) is 2.82. The van der Waals surface area contributed by atoms with Crippen molar-refractivity contribution in [2.75, 3.05) is 6.54 Å². The minimum atomic E-state index is -0.0406. The van der Waals surface area contributed by atoms with Crippen molar-refractivity contribution in [2.45, 2.75) is 32.9 Å². The molecule has 0 saturated heterocycles. The molecule has 2 aromatic rings. The van der Waals surface area contributed by atoms with Crippen LogP contribution in [0.2, 0.25) is 5.22 Å². The van der Waals surface area contributed by atoms with Crippen LogP contribution in [0.1, 0.15) is 37.9 Å². The van der Waals surface area contributed by atoms with Crippen molar-refractivity contribution in [3.8, 4) is 5.75 Å². The Bertz CT molecular complexity index is 551. The van der Waals surface area contributed by atoms with Gasteiger partial charge in [-0.05, 0) is 44.1 Å². The molecule has 2 rings (SSSR count). The Balaban J connectivity index is 2.42. The molecular weight excluding hydrogens is 274 g/mol. The number of halogens is 1. The van der Waals surface area contributed by atoms with Gasteiger partial charge in [0.1, 0.15) is 5.75 Å². The maximum Gasteiger partial charge on any atom is 0.198 e. The number of hydrogen-bond donors (Lipinski definition) is 1. The van der Waals surface area contributed by atoms with Gasteiger partial charge in [-0.25, -0.2) is 0 Å². The zero-order valence-electron chi connectivity index (χ0n) is 12.0. The molecule has 0 aliphatic carbocycles. The van der Waals surface area contributed by atoms with Crippen LogP contribution in [0.4, 0.5) is 0 Å². The molecule has 1 heterocycles. The Labute approximate surface area is 124 Å².